The molecule has 0 saturated carbocycles. The van der Waals surface area contributed by atoms with E-state index in [9.17, 15) is 14.4 Å². The van der Waals surface area contributed by atoms with Crippen molar-refractivity contribution in [3.05, 3.63) is 89.9 Å². The van der Waals surface area contributed by atoms with Crippen molar-refractivity contribution in [1.82, 2.24) is 15.1 Å². The summed E-state index contributed by atoms with van der Waals surface area (Å²) >= 11 is 0. The third kappa shape index (κ3) is 5.52. The van der Waals surface area contributed by atoms with Crippen LogP contribution in [0.3, 0.4) is 0 Å². The molecule has 0 radical (unpaired) electrons. The Hall–Kier alpha value is -3.91. The van der Waals surface area contributed by atoms with Gasteiger partial charge in [0.25, 0.3) is 11.8 Å². The van der Waals surface area contributed by atoms with E-state index in [0.717, 1.165) is 0 Å². The minimum Gasteiger partial charge on any atom is -0.467 e. The van der Waals surface area contributed by atoms with Crippen LogP contribution in [0.1, 0.15) is 26.5 Å². The number of amides is 3. The first-order valence-corrected chi connectivity index (χ1v) is 11.3. The summed E-state index contributed by atoms with van der Waals surface area (Å²) in [5, 5.41) is 2.83. The van der Waals surface area contributed by atoms with Gasteiger partial charge in [0.2, 0.25) is 5.91 Å². The summed E-state index contributed by atoms with van der Waals surface area (Å²) in [5.41, 5.74) is 1.64. The lowest BCUT2D eigenvalue weighted by molar-refractivity contribution is -0.119. The number of rotatable bonds is 7. The van der Waals surface area contributed by atoms with Crippen LogP contribution in [-0.2, 0) is 11.3 Å². The van der Waals surface area contributed by atoms with Crippen LogP contribution in [0.4, 0.5) is 5.69 Å². The molecular weight excluding hydrogens is 432 g/mol. The van der Waals surface area contributed by atoms with Crippen molar-refractivity contribution >= 4 is 23.4 Å². The zero-order valence-corrected chi connectivity index (χ0v) is 19.1. The highest BCUT2D eigenvalue weighted by atomic mass is 16.3. The van der Waals surface area contributed by atoms with Gasteiger partial charge in [-0.3, -0.25) is 19.3 Å². The Morgan fingerprint density at radius 3 is 2.32 bits per heavy atom. The fourth-order valence-electron chi connectivity index (χ4n) is 3.94. The van der Waals surface area contributed by atoms with E-state index in [1.807, 2.05) is 40.1 Å². The van der Waals surface area contributed by atoms with Crippen LogP contribution in [0, 0.1) is 0 Å². The second-order valence-electron chi connectivity index (χ2n) is 8.17. The average molecular weight is 461 g/mol. The van der Waals surface area contributed by atoms with E-state index in [1.165, 1.54) is 4.90 Å². The lowest BCUT2D eigenvalue weighted by atomic mass is 10.1. The summed E-state index contributed by atoms with van der Waals surface area (Å²) in [6, 6.07) is 19.8. The molecule has 1 fully saturated rings. The first-order chi connectivity index (χ1) is 16.5. The smallest absolute Gasteiger partial charge is 0.253 e. The predicted molar refractivity (Wildman–Crippen MR) is 129 cm³/mol. The number of carbonyl (C=O) groups is 3. The number of hydrogen-bond acceptors (Lipinski definition) is 5. The summed E-state index contributed by atoms with van der Waals surface area (Å²) in [7, 11) is 1.68. The molecule has 0 unspecified atom stereocenters. The number of benzene rings is 2. The van der Waals surface area contributed by atoms with Gasteiger partial charge in [0.15, 0.2) is 0 Å². The van der Waals surface area contributed by atoms with E-state index in [4.69, 9.17) is 4.42 Å². The molecule has 2 aromatic carbocycles. The van der Waals surface area contributed by atoms with Crippen molar-refractivity contribution in [2.24, 2.45) is 0 Å². The minimum absolute atomic E-state index is 0.0122. The van der Waals surface area contributed by atoms with Crippen LogP contribution < -0.4 is 10.2 Å². The Labute approximate surface area is 198 Å². The highest BCUT2D eigenvalue weighted by Crippen LogP contribution is 2.20. The van der Waals surface area contributed by atoms with Crippen LogP contribution in [0.25, 0.3) is 0 Å². The van der Waals surface area contributed by atoms with Crippen LogP contribution in [-0.4, -0.2) is 67.3 Å². The Morgan fingerprint density at radius 1 is 0.912 bits per heavy atom. The molecule has 0 aliphatic carbocycles. The molecule has 0 spiro atoms. The van der Waals surface area contributed by atoms with Crippen molar-refractivity contribution in [2.45, 2.75) is 6.54 Å². The van der Waals surface area contributed by atoms with E-state index in [-0.39, 0.29) is 30.8 Å². The molecule has 1 aliphatic heterocycles. The normalized spacial score (nSPS) is 14.0. The number of piperazine rings is 1. The number of nitrogens with zero attached hydrogens (tertiary/aromatic N) is 3. The lowest BCUT2D eigenvalue weighted by Gasteiger charge is -2.35. The number of anilines is 1. The van der Waals surface area contributed by atoms with Crippen LogP contribution in [0.5, 0.6) is 0 Å². The monoisotopic (exact) mass is 460 g/mol. The zero-order chi connectivity index (χ0) is 23.9. The maximum absolute atomic E-state index is 13.0. The quantitative estimate of drug-likeness (QED) is 0.586. The van der Waals surface area contributed by atoms with Crippen molar-refractivity contribution in [2.75, 3.05) is 44.7 Å². The molecule has 1 aromatic heterocycles. The molecule has 1 N–H and O–H groups in total. The Morgan fingerprint density at radius 2 is 1.62 bits per heavy atom. The van der Waals surface area contributed by atoms with E-state index in [2.05, 4.69) is 5.32 Å². The van der Waals surface area contributed by atoms with Gasteiger partial charge in [0, 0.05) is 38.8 Å². The number of para-hydroxylation sites is 1. The summed E-state index contributed by atoms with van der Waals surface area (Å²) in [6.07, 6.45) is 1.55. The van der Waals surface area contributed by atoms with Gasteiger partial charge in [0.05, 0.1) is 30.6 Å². The fourth-order valence-corrected chi connectivity index (χ4v) is 3.94. The van der Waals surface area contributed by atoms with Gasteiger partial charge in [-0.1, -0.05) is 30.3 Å². The molecule has 3 aromatic rings. The van der Waals surface area contributed by atoms with Crippen molar-refractivity contribution in [3.63, 3.8) is 0 Å². The molecule has 3 amide bonds. The van der Waals surface area contributed by atoms with E-state index >= 15 is 0 Å². The zero-order valence-electron chi connectivity index (χ0n) is 19.1. The van der Waals surface area contributed by atoms with Crippen molar-refractivity contribution < 1.29 is 18.8 Å². The summed E-state index contributed by atoms with van der Waals surface area (Å²) in [6.45, 7) is 2.84. The second-order valence-corrected chi connectivity index (χ2v) is 8.17. The molecule has 34 heavy (non-hydrogen) atoms. The van der Waals surface area contributed by atoms with E-state index in [1.54, 1.807) is 49.7 Å². The number of nitrogens with one attached hydrogen (secondary N) is 1. The summed E-state index contributed by atoms with van der Waals surface area (Å²) in [5.74, 6) is 0.271. The van der Waals surface area contributed by atoms with Gasteiger partial charge >= 0.3 is 0 Å². The van der Waals surface area contributed by atoms with Gasteiger partial charge in [-0.05, 0) is 36.4 Å². The minimum atomic E-state index is -0.278. The highest BCUT2D eigenvalue weighted by molar-refractivity contribution is 6.05. The van der Waals surface area contributed by atoms with E-state index < -0.39 is 0 Å². The van der Waals surface area contributed by atoms with Gasteiger partial charge in [0.1, 0.15) is 5.76 Å². The topological polar surface area (TPSA) is 86.1 Å². The van der Waals surface area contributed by atoms with Crippen molar-refractivity contribution in [3.8, 4) is 0 Å². The molecular formula is C26H28N4O4. The van der Waals surface area contributed by atoms with Crippen LogP contribution in [0.2, 0.25) is 0 Å². The summed E-state index contributed by atoms with van der Waals surface area (Å²) in [4.78, 5) is 43.8. The number of hydrogen-bond donors (Lipinski definition) is 1. The molecule has 2 heterocycles. The average Bonchev–Trinajstić information content (AvgIpc) is 3.41. The number of furan rings is 1. The maximum atomic E-state index is 13.0. The predicted octanol–water partition coefficient (Wildman–Crippen LogP) is 2.63. The lowest BCUT2D eigenvalue weighted by Crippen LogP contribution is -2.51. The second kappa shape index (κ2) is 10.8. The summed E-state index contributed by atoms with van der Waals surface area (Å²) < 4.78 is 5.26. The largest absolute Gasteiger partial charge is 0.467 e. The Balaban J connectivity index is 1.33. The van der Waals surface area contributed by atoms with Crippen LogP contribution >= 0.6 is 0 Å². The number of carbonyl (C=O) groups excluding carboxylic acids is 3. The maximum Gasteiger partial charge on any atom is 0.253 e. The fraction of sp³-hybridized carbons (Fsp3) is 0.269. The molecule has 1 saturated heterocycles. The molecule has 4 rings (SSSR count). The first-order valence-electron chi connectivity index (χ1n) is 11.3. The molecule has 0 atom stereocenters. The SMILES string of the molecule is CN(C(=O)CN1CCN(C(=O)c2ccccc2)CC1)c1ccccc1C(=O)NCc1ccco1. The Bertz CT molecular complexity index is 1120. The molecule has 1 aliphatic rings. The standard InChI is InChI=1S/C26H28N4O4/c1-28(23-12-6-5-11-22(23)25(32)27-18-21-10-7-17-34-21)24(31)19-29-13-15-30(16-14-29)26(33)20-8-3-2-4-9-20/h2-12,17H,13-16,18-19H2,1H3,(H,27,32). The Kier molecular flexibility index (Phi) is 7.39. The third-order valence-corrected chi connectivity index (χ3v) is 5.93. The molecule has 8 nitrogen and oxygen atoms in total. The third-order valence-electron chi connectivity index (χ3n) is 5.93. The van der Waals surface area contributed by atoms with Gasteiger partial charge < -0.3 is 19.5 Å². The van der Waals surface area contributed by atoms with Gasteiger partial charge in [-0.15, -0.1) is 0 Å². The molecule has 176 valence electrons. The number of likely N-dealkylation sites (N-methyl/N-ethyl adjacent to an activating group) is 1. The molecule has 8 heteroatoms. The van der Waals surface area contributed by atoms with Gasteiger partial charge in [-0.25, -0.2) is 0 Å². The highest BCUT2D eigenvalue weighted by Gasteiger charge is 2.25. The molecule has 0 bridgehead atoms. The van der Waals surface area contributed by atoms with Gasteiger partial charge in [-0.2, -0.15) is 0 Å². The first kappa shape index (κ1) is 23.3. The van der Waals surface area contributed by atoms with E-state index in [0.29, 0.717) is 48.8 Å². The van der Waals surface area contributed by atoms with Crippen molar-refractivity contribution in [1.29, 1.82) is 0 Å². The van der Waals surface area contributed by atoms with Crippen LogP contribution in [0.15, 0.2) is 77.4 Å².